The molecule has 1 atom stereocenters. The second-order valence-electron chi connectivity index (χ2n) is 5.34. The summed E-state index contributed by atoms with van der Waals surface area (Å²) < 4.78 is 10.2. The number of carbonyl (C=O) groups excluding carboxylic acids is 1. The number of nitrogens with one attached hydrogen (secondary N) is 1. The van der Waals surface area contributed by atoms with Crippen molar-refractivity contribution in [2.45, 2.75) is 45.6 Å². The van der Waals surface area contributed by atoms with E-state index in [1.165, 1.54) is 19.2 Å². The molecule has 0 fully saturated rings. The van der Waals surface area contributed by atoms with Crippen molar-refractivity contribution in [3.63, 3.8) is 0 Å². The maximum absolute atomic E-state index is 11.8. The summed E-state index contributed by atoms with van der Waals surface area (Å²) >= 11 is 0. The standard InChI is InChI=1S/C16H24N2O5/c1-4-5-6-7-12(2)17-16(19)11-23-15-9-8-13(22-3)10-14(15)18(20)21/h8-10,12H,4-7,11H2,1-3H3,(H,17,19). The van der Waals surface area contributed by atoms with Crippen molar-refractivity contribution in [3.8, 4) is 11.5 Å². The van der Waals surface area contributed by atoms with Crippen LogP contribution in [0.15, 0.2) is 18.2 Å². The van der Waals surface area contributed by atoms with Gasteiger partial charge in [0.1, 0.15) is 5.75 Å². The molecule has 128 valence electrons. The molecular weight excluding hydrogens is 300 g/mol. The first-order valence-corrected chi connectivity index (χ1v) is 7.72. The molecule has 0 aliphatic rings. The molecule has 0 aliphatic heterocycles. The molecule has 0 saturated heterocycles. The van der Waals surface area contributed by atoms with Gasteiger partial charge in [0.05, 0.1) is 18.1 Å². The van der Waals surface area contributed by atoms with E-state index in [4.69, 9.17) is 9.47 Å². The summed E-state index contributed by atoms with van der Waals surface area (Å²) in [5.41, 5.74) is -0.229. The van der Waals surface area contributed by atoms with Crippen molar-refractivity contribution in [2.75, 3.05) is 13.7 Å². The molecule has 7 heteroatoms. The van der Waals surface area contributed by atoms with Gasteiger partial charge in [-0.15, -0.1) is 0 Å². The molecule has 1 rings (SSSR count). The first-order valence-electron chi connectivity index (χ1n) is 7.72. The van der Waals surface area contributed by atoms with Gasteiger partial charge in [0.15, 0.2) is 12.4 Å². The minimum absolute atomic E-state index is 0.0459. The first-order chi connectivity index (χ1) is 11.0. The van der Waals surface area contributed by atoms with E-state index < -0.39 is 4.92 Å². The van der Waals surface area contributed by atoms with Crippen LogP contribution in [0.3, 0.4) is 0 Å². The Morgan fingerprint density at radius 1 is 1.39 bits per heavy atom. The zero-order chi connectivity index (χ0) is 17.2. The van der Waals surface area contributed by atoms with E-state index >= 15 is 0 Å². The van der Waals surface area contributed by atoms with Crippen molar-refractivity contribution >= 4 is 11.6 Å². The fourth-order valence-corrected chi connectivity index (χ4v) is 2.12. The lowest BCUT2D eigenvalue weighted by atomic mass is 10.1. The third-order valence-corrected chi connectivity index (χ3v) is 3.37. The van der Waals surface area contributed by atoms with E-state index in [1.54, 1.807) is 6.07 Å². The van der Waals surface area contributed by atoms with Crippen molar-refractivity contribution in [2.24, 2.45) is 0 Å². The molecule has 1 N–H and O–H groups in total. The number of nitro benzene ring substituents is 1. The number of unbranched alkanes of at least 4 members (excludes halogenated alkanes) is 2. The number of carbonyl (C=O) groups is 1. The van der Waals surface area contributed by atoms with E-state index in [9.17, 15) is 14.9 Å². The van der Waals surface area contributed by atoms with Gasteiger partial charge in [-0.05, 0) is 25.5 Å². The van der Waals surface area contributed by atoms with Crippen LogP contribution in [0.1, 0.15) is 39.5 Å². The van der Waals surface area contributed by atoms with Crippen molar-refractivity contribution < 1.29 is 19.2 Å². The Morgan fingerprint density at radius 2 is 2.13 bits per heavy atom. The zero-order valence-corrected chi connectivity index (χ0v) is 13.8. The Labute approximate surface area is 136 Å². The number of benzene rings is 1. The highest BCUT2D eigenvalue weighted by molar-refractivity contribution is 5.78. The number of hydrogen-bond acceptors (Lipinski definition) is 5. The molecule has 1 aromatic rings. The second kappa shape index (κ2) is 9.66. The molecule has 1 amide bonds. The quantitative estimate of drug-likeness (QED) is 0.406. The van der Waals surface area contributed by atoms with E-state index in [1.807, 2.05) is 6.92 Å². The van der Waals surface area contributed by atoms with Gasteiger partial charge in [-0.2, -0.15) is 0 Å². The Bertz CT molecular complexity index is 533. The SMILES string of the molecule is CCCCCC(C)NC(=O)COc1ccc(OC)cc1[N+](=O)[O-]. The molecule has 7 nitrogen and oxygen atoms in total. The van der Waals surface area contributed by atoms with Crippen LogP contribution in [0.2, 0.25) is 0 Å². The fraction of sp³-hybridized carbons (Fsp3) is 0.562. The Morgan fingerprint density at radius 3 is 2.74 bits per heavy atom. The van der Waals surface area contributed by atoms with Crippen molar-refractivity contribution in [3.05, 3.63) is 28.3 Å². The number of amides is 1. The molecule has 0 saturated carbocycles. The highest BCUT2D eigenvalue weighted by Gasteiger charge is 2.18. The Kier molecular flexibility index (Phi) is 7.87. The van der Waals surface area contributed by atoms with Crippen molar-refractivity contribution in [1.82, 2.24) is 5.32 Å². The second-order valence-corrected chi connectivity index (χ2v) is 5.34. The molecular formula is C16H24N2O5. The van der Waals surface area contributed by atoms with Gasteiger partial charge < -0.3 is 14.8 Å². The maximum Gasteiger partial charge on any atom is 0.314 e. The van der Waals surface area contributed by atoms with Crippen LogP contribution in [-0.4, -0.2) is 30.6 Å². The predicted molar refractivity (Wildman–Crippen MR) is 86.9 cm³/mol. The van der Waals surface area contributed by atoms with Gasteiger partial charge in [-0.3, -0.25) is 14.9 Å². The number of nitrogens with zero attached hydrogens (tertiary/aromatic N) is 1. The van der Waals surface area contributed by atoms with Gasteiger partial charge in [0.2, 0.25) is 0 Å². The van der Waals surface area contributed by atoms with Gasteiger partial charge >= 0.3 is 5.69 Å². The van der Waals surface area contributed by atoms with E-state index in [2.05, 4.69) is 12.2 Å². The lowest BCUT2D eigenvalue weighted by molar-refractivity contribution is -0.385. The topological polar surface area (TPSA) is 90.7 Å². The van der Waals surface area contributed by atoms with Crippen LogP contribution in [0.4, 0.5) is 5.69 Å². The zero-order valence-electron chi connectivity index (χ0n) is 13.8. The van der Waals surface area contributed by atoms with Crippen LogP contribution < -0.4 is 14.8 Å². The molecule has 1 aromatic carbocycles. The minimum atomic E-state index is -0.566. The maximum atomic E-state index is 11.8. The molecule has 0 aliphatic carbocycles. The molecule has 0 spiro atoms. The summed E-state index contributed by atoms with van der Waals surface area (Å²) in [5, 5.41) is 13.9. The third-order valence-electron chi connectivity index (χ3n) is 3.37. The van der Waals surface area contributed by atoms with Gasteiger partial charge in [0.25, 0.3) is 5.91 Å². The monoisotopic (exact) mass is 324 g/mol. The van der Waals surface area contributed by atoms with Gasteiger partial charge in [0, 0.05) is 6.04 Å². The molecule has 23 heavy (non-hydrogen) atoms. The highest BCUT2D eigenvalue weighted by atomic mass is 16.6. The van der Waals surface area contributed by atoms with Crippen LogP contribution in [0, 0.1) is 10.1 Å². The van der Waals surface area contributed by atoms with Crippen LogP contribution in [-0.2, 0) is 4.79 Å². The van der Waals surface area contributed by atoms with Crippen LogP contribution in [0.25, 0.3) is 0 Å². The van der Waals surface area contributed by atoms with E-state index in [0.29, 0.717) is 5.75 Å². The normalized spacial score (nSPS) is 11.6. The van der Waals surface area contributed by atoms with Crippen LogP contribution >= 0.6 is 0 Å². The number of methoxy groups -OCH3 is 1. The van der Waals surface area contributed by atoms with E-state index in [-0.39, 0.29) is 30.0 Å². The molecule has 0 heterocycles. The Balaban J connectivity index is 2.54. The predicted octanol–water partition coefficient (Wildman–Crippen LogP) is 3.07. The number of nitro groups is 1. The largest absolute Gasteiger partial charge is 0.496 e. The van der Waals surface area contributed by atoms with Crippen LogP contribution in [0.5, 0.6) is 11.5 Å². The molecule has 1 unspecified atom stereocenters. The summed E-state index contributed by atoms with van der Waals surface area (Å²) in [5.74, 6) is 0.113. The highest BCUT2D eigenvalue weighted by Crippen LogP contribution is 2.30. The number of rotatable bonds is 10. The van der Waals surface area contributed by atoms with Gasteiger partial charge in [-0.25, -0.2) is 0 Å². The lowest BCUT2D eigenvalue weighted by Gasteiger charge is -2.14. The smallest absolute Gasteiger partial charge is 0.314 e. The summed E-state index contributed by atoms with van der Waals surface area (Å²) in [6.07, 6.45) is 4.23. The summed E-state index contributed by atoms with van der Waals surface area (Å²) in [6, 6.07) is 4.30. The summed E-state index contributed by atoms with van der Waals surface area (Å²) in [4.78, 5) is 22.3. The average Bonchev–Trinajstić information content (AvgIpc) is 2.52. The number of ether oxygens (including phenoxy) is 2. The average molecular weight is 324 g/mol. The molecule has 0 aromatic heterocycles. The first kappa shape index (κ1) is 18.7. The minimum Gasteiger partial charge on any atom is -0.496 e. The lowest BCUT2D eigenvalue weighted by Crippen LogP contribution is -2.36. The van der Waals surface area contributed by atoms with E-state index in [0.717, 1.165) is 25.7 Å². The number of hydrogen-bond donors (Lipinski definition) is 1. The van der Waals surface area contributed by atoms with Crippen molar-refractivity contribution in [1.29, 1.82) is 0 Å². The summed E-state index contributed by atoms with van der Waals surface area (Å²) in [6.45, 7) is 3.80. The van der Waals surface area contributed by atoms with Gasteiger partial charge in [-0.1, -0.05) is 26.2 Å². The summed E-state index contributed by atoms with van der Waals surface area (Å²) in [7, 11) is 1.42. The third kappa shape index (κ3) is 6.54. The molecule has 0 radical (unpaired) electrons. The Hall–Kier alpha value is -2.31. The fourth-order valence-electron chi connectivity index (χ4n) is 2.12. The molecule has 0 bridgehead atoms.